The fraction of sp³-hybridized carbons (Fsp3) is 0.286. The molecule has 13 aromatic rings. The molecule has 7 aromatic carbocycles. The number of rotatable bonds is 6. The molecule has 0 radical (unpaired) electrons. The molecule has 0 spiro atoms. The van der Waals surface area contributed by atoms with Gasteiger partial charge in [0.2, 0.25) is 0 Å². The van der Waals surface area contributed by atoms with Crippen molar-refractivity contribution in [3.8, 4) is 66.8 Å². The maximum absolute atomic E-state index is 14.2. The van der Waals surface area contributed by atoms with E-state index < -0.39 is 0 Å². The van der Waals surface area contributed by atoms with Crippen LogP contribution in [0.3, 0.4) is 0 Å². The summed E-state index contributed by atoms with van der Waals surface area (Å²) in [5, 5.41) is 5.96. The largest absolute Gasteiger partial charge is 0.304 e. The van der Waals surface area contributed by atoms with Crippen LogP contribution >= 0.6 is 0 Å². The molecule has 6 atom stereocenters. The van der Waals surface area contributed by atoms with E-state index in [1.165, 1.54) is 0 Å². The van der Waals surface area contributed by atoms with Gasteiger partial charge in [-0.3, -0.25) is 14.4 Å². The van der Waals surface area contributed by atoms with Gasteiger partial charge in [-0.05, 0) is 210 Å². The van der Waals surface area contributed by atoms with Gasteiger partial charge in [0.25, 0.3) is 16.7 Å². The van der Waals surface area contributed by atoms with Gasteiger partial charge in [0.15, 0.2) is 0 Å². The molecule has 93 heavy (non-hydrogen) atoms. The Bertz CT molecular complexity index is 5230. The fourth-order valence-corrected chi connectivity index (χ4v) is 20.3. The van der Waals surface area contributed by atoms with Crippen molar-refractivity contribution in [2.75, 3.05) is 0 Å². The van der Waals surface area contributed by atoms with Crippen LogP contribution in [-0.4, -0.2) is 28.2 Å². The van der Waals surface area contributed by atoms with Crippen LogP contribution in [-0.2, 0) is 16.2 Å². The van der Waals surface area contributed by atoms with E-state index in [1.54, 1.807) is 0 Å². The normalized spacial score (nSPS) is 23.9. The van der Waals surface area contributed by atoms with Crippen molar-refractivity contribution >= 4 is 49.3 Å². The molecule has 0 N–H and O–H groups in total. The smallest absolute Gasteiger partial charge is 0.277 e. The van der Waals surface area contributed by atoms with Crippen molar-refractivity contribution in [2.45, 2.75) is 135 Å². The highest BCUT2D eigenvalue weighted by molar-refractivity contribution is 6.02. The average Bonchev–Trinajstić information content (AvgIpc) is 1.54. The summed E-state index contributed by atoms with van der Waals surface area (Å²) in [4.78, 5) is 57.1. The summed E-state index contributed by atoms with van der Waals surface area (Å²) < 4.78 is 6.70. The molecule has 3 fully saturated rings. The van der Waals surface area contributed by atoms with Crippen LogP contribution in [0.5, 0.6) is 0 Å². The van der Waals surface area contributed by atoms with Gasteiger partial charge in [-0.25, -0.2) is 0 Å². The minimum absolute atomic E-state index is 0.0308. The Kier molecular flexibility index (Phi) is 10.8. The molecule has 9 heteroatoms. The van der Waals surface area contributed by atoms with E-state index in [1.807, 2.05) is 0 Å². The third-order valence-electron chi connectivity index (χ3n) is 26.4. The first-order chi connectivity index (χ1) is 44.7. The zero-order chi connectivity index (χ0) is 63.4. The topological polar surface area (TPSA) is 103 Å². The molecule has 0 amide bonds. The molecule has 6 unspecified atom stereocenters. The molecular formula is C84H72N6O3. The SMILES string of the molecule is CC12CCC(c3c1n1ccc4cc(-c5ccccc5-c5cc(-c6ccccc6-c6ccc7c(ccn8c9c(c(=O)nc78)C7CCC9(C)C7(C)C)c6)cc(-c6ccccc6-c6ccc7c(ccn8c9c(c(=O)nc78)C7CCC9(C)C7(C)C)c6)c5)ccc4c1nc3=O)C2(C)C. The third kappa shape index (κ3) is 6.87. The van der Waals surface area contributed by atoms with Crippen LogP contribution < -0.4 is 16.7 Å². The molecule has 19 rings (SSSR count). The molecule has 6 aromatic heterocycles. The summed E-state index contributed by atoms with van der Waals surface area (Å²) in [6, 6.07) is 59.8. The maximum Gasteiger partial charge on any atom is 0.277 e. The van der Waals surface area contributed by atoms with Crippen molar-refractivity contribution in [2.24, 2.45) is 16.2 Å². The van der Waals surface area contributed by atoms with Gasteiger partial charge in [0, 0.05) is 84.8 Å². The monoisotopic (exact) mass is 1210 g/mol. The molecule has 3 saturated carbocycles. The number of hydrogen-bond acceptors (Lipinski definition) is 6. The Morgan fingerprint density at radius 1 is 0.323 bits per heavy atom. The molecular weight excluding hydrogens is 1140 g/mol. The van der Waals surface area contributed by atoms with E-state index >= 15 is 0 Å². The molecule has 9 nitrogen and oxygen atoms in total. The number of benzene rings is 7. The summed E-state index contributed by atoms with van der Waals surface area (Å²) >= 11 is 0. The van der Waals surface area contributed by atoms with Gasteiger partial charge >= 0.3 is 0 Å². The van der Waals surface area contributed by atoms with Crippen LogP contribution in [0.2, 0.25) is 0 Å². The lowest BCUT2D eigenvalue weighted by Crippen LogP contribution is -2.33. The van der Waals surface area contributed by atoms with Crippen molar-refractivity contribution in [3.05, 3.63) is 247 Å². The van der Waals surface area contributed by atoms with E-state index in [0.717, 1.165) is 188 Å². The van der Waals surface area contributed by atoms with E-state index in [9.17, 15) is 14.4 Å². The first-order valence-corrected chi connectivity index (χ1v) is 33.6. The highest BCUT2D eigenvalue weighted by atomic mass is 16.1. The molecule has 456 valence electrons. The predicted octanol–water partition coefficient (Wildman–Crippen LogP) is 18.7. The fourth-order valence-electron chi connectivity index (χ4n) is 20.3. The molecule has 6 bridgehead atoms. The molecule has 0 aliphatic heterocycles. The van der Waals surface area contributed by atoms with Crippen LogP contribution in [0, 0.1) is 16.2 Å². The summed E-state index contributed by atoms with van der Waals surface area (Å²) in [6.45, 7) is 21.1. The van der Waals surface area contributed by atoms with Gasteiger partial charge < -0.3 is 13.2 Å². The van der Waals surface area contributed by atoms with Crippen molar-refractivity contribution in [3.63, 3.8) is 0 Å². The van der Waals surface area contributed by atoms with Gasteiger partial charge in [-0.15, -0.1) is 0 Å². The van der Waals surface area contributed by atoms with Gasteiger partial charge in [-0.1, -0.05) is 172 Å². The average molecular weight is 1210 g/mol. The van der Waals surface area contributed by atoms with Crippen molar-refractivity contribution < 1.29 is 0 Å². The van der Waals surface area contributed by atoms with Crippen LogP contribution in [0.1, 0.15) is 152 Å². The number of hydrogen-bond donors (Lipinski definition) is 0. The van der Waals surface area contributed by atoms with E-state index in [2.05, 4.69) is 258 Å². The lowest BCUT2D eigenvalue weighted by atomic mass is 9.70. The maximum atomic E-state index is 14.2. The van der Waals surface area contributed by atoms with Crippen LogP contribution in [0.25, 0.3) is 116 Å². The standard InChI is InChI=1S/C84H72N6O3/c1-79(2)64-28-34-82(79,7)70-67(64)76(91)85-73-61-25-22-46(40-49(61)31-37-88(70)73)55-16-10-13-19-58(55)52-43-53(59-20-14-11-17-56(59)47-23-26-62-50(41-47)32-38-89-71-68(77(92)86-74(62)89)65-29-35-83(71,8)80(65,3)4)45-54(44-52)60-21-15-12-18-57(60)48-24-27-63-51(42-48)33-39-90-72-69(78(93)87-75(63)90)66-30-36-84(72,9)81(66,5)6/h10-27,31-33,37-45,64-66H,28-30,34-36H2,1-9H3. The van der Waals surface area contributed by atoms with Crippen LogP contribution in [0.4, 0.5) is 0 Å². The Morgan fingerprint density at radius 2 is 0.581 bits per heavy atom. The van der Waals surface area contributed by atoms with E-state index in [-0.39, 0.29) is 66.9 Å². The Labute approximate surface area is 539 Å². The summed E-state index contributed by atoms with van der Waals surface area (Å²) in [6.07, 6.45) is 12.7. The first-order valence-electron chi connectivity index (χ1n) is 33.6. The zero-order valence-corrected chi connectivity index (χ0v) is 54.2. The molecule has 6 aliphatic carbocycles. The zero-order valence-electron chi connectivity index (χ0n) is 54.2. The number of aromatic nitrogens is 6. The minimum Gasteiger partial charge on any atom is -0.304 e. The lowest BCUT2D eigenvalue weighted by molar-refractivity contribution is 0.226. The van der Waals surface area contributed by atoms with Gasteiger partial charge in [-0.2, -0.15) is 15.0 Å². The van der Waals surface area contributed by atoms with E-state index in [4.69, 9.17) is 15.0 Å². The Hall–Kier alpha value is -9.60. The number of fused-ring (bicyclic) bond motifs is 27. The number of pyridine rings is 3. The summed E-state index contributed by atoms with van der Waals surface area (Å²) in [5.74, 6) is 0.637. The van der Waals surface area contributed by atoms with Crippen molar-refractivity contribution in [1.82, 2.24) is 28.2 Å². The minimum atomic E-state index is -0.122. The third-order valence-corrected chi connectivity index (χ3v) is 26.4. The molecule has 0 saturated heterocycles. The Balaban J connectivity index is 0.771. The second-order valence-corrected chi connectivity index (χ2v) is 30.8. The highest BCUT2D eigenvalue weighted by Gasteiger charge is 2.64. The molecule has 6 aliphatic rings. The highest BCUT2D eigenvalue weighted by Crippen LogP contribution is 2.69. The lowest BCUT2D eigenvalue weighted by Gasteiger charge is -2.35. The Morgan fingerprint density at radius 3 is 0.849 bits per heavy atom. The van der Waals surface area contributed by atoms with Crippen molar-refractivity contribution in [1.29, 1.82) is 0 Å². The van der Waals surface area contributed by atoms with Crippen LogP contribution in [0.15, 0.2) is 197 Å². The predicted molar refractivity (Wildman–Crippen MR) is 376 cm³/mol. The van der Waals surface area contributed by atoms with Gasteiger partial charge in [0.05, 0.1) is 0 Å². The van der Waals surface area contributed by atoms with Gasteiger partial charge in [0.1, 0.15) is 16.9 Å². The quantitative estimate of drug-likeness (QED) is 0.154. The summed E-state index contributed by atoms with van der Waals surface area (Å²) in [5.41, 5.74) is 20.5. The first kappa shape index (κ1) is 55.1. The summed E-state index contributed by atoms with van der Waals surface area (Å²) in [7, 11) is 0. The second kappa shape index (κ2) is 18.2. The molecule has 6 heterocycles. The van der Waals surface area contributed by atoms with E-state index in [0.29, 0.717) is 0 Å². The number of nitrogens with zero attached hydrogens (tertiary/aromatic N) is 6. The second-order valence-electron chi connectivity index (χ2n) is 30.8.